The number of ether oxygens (including phenoxy) is 1. The summed E-state index contributed by atoms with van der Waals surface area (Å²) >= 11 is 0. The van der Waals surface area contributed by atoms with Gasteiger partial charge in [-0.25, -0.2) is 0 Å². The van der Waals surface area contributed by atoms with E-state index in [9.17, 15) is 0 Å². The molecule has 0 atom stereocenters. The summed E-state index contributed by atoms with van der Waals surface area (Å²) in [6.45, 7) is 8.99. The molecule has 12 heavy (non-hydrogen) atoms. The second-order valence-corrected chi connectivity index (χ2v) is 4.40. The van der Waals surface area contributed by atoms with Crippen LogP contribution in [0.5, 0.6) is 0 Å². The van der Waals surface area contributed by atoms with Gasteiger partial charge in [0.15, 0.2) is 0 Å². The molecule has 2 fully saturated rings. The molecule has 0 aromatic rings. The molecule has 1 aliphatic carbocycles. The average Bonchev–Trinajstić information content (AvgIpc) is 1.79. The maximum absolute atomic E-state index is 5.64. The molecule has 0 unspecified atom stereocenters. The first-order chi connectivity index (χ1) is 5.70. The topological polar surface area (TPSA) is 21.3 Å². The van der Waals surface area contributed by atoms with E-state index < -0.39 is 0 Å². The van der Waals surface area contributed by atoms with Crippen molar-refractivity contribution in [3.8, 4) is 0 Å². The summed E-state index contributed by atoms with van der Waals surface area (Å²) in [4.78, 5) is 0. The number of hydrogen-bond donors (Lipinski definition) is 1. The van der Waals surface area contributed by atoms with Crippen LogP contribution in [-0.2, 0) is 4.74 Å². The zero-order valence-corrected chi connectivity index (χ0v) is 7.73. The van der Waals surface area contributed by atoms with Gasteiger partial charge in [-0.1, -0.05) is 12.2 Å². The predicted octanol–water partition coefficient (Wildman–Crippen LogP) is 1.33. The van der Waals surface area contributed by atoms with Crippen molar-refractivity contribution in [1.82, 2.24) is 5.32 Å². The first kappa shape index (κ1) is 8.27. The van der Waals surface area contributed by atoms with Crippen LogP contribution in [0.4, 0.5) is 0 Å². The van der Waals surface area contributed by atoms with Crippen molar-refractivity contribution in [3.05, 3.63) is 12.2 Å². The van der Waals surface area contributed by atoms with Gasteiger partial charge < -0.3 is 10.1 Å². The van der Waals surface area contributed by atoms with Crippen molar-refractivity contribution in [1.29, 1.82) is 0 Å². The molecule has 2 heteroatoms. The van der Waals surface area contributed by atoms with Crippen LogP contribution < -0.4 is 5.32 Å². The van der Waals surface area contributed by atoms with Crippen LogP contribution >= 0.6 is 0 Å². The second kappa shape index (κ2) is 2.86. The van der Waals surface area contributed by atoms with Crippen LogP contribution in [0, 0.1) is 5.41 Å². The van der Waals surface area contributed by atoms with Crippen LogP contribution in [0.3, 0.4) is 0 Å². The lowest BCUT2D eigenvalue weighted by atomic mass is 9.63. The molecule has 68 valence electrons. The number of hydrogen-bond acceptors (Lipinski definition) is 2. The van der Waals surface area contributed by atoms with Crippen molar-refractivity contribution in [3.63, 3.8) is 0 Å². The summed E-state index contributed by atoms with van der Waals surface area (Å²) in [6, 6.07) is 0. The Kier molecular flexibility index (Phi) is 1.97. The van der Waals surface area contributed by atoms with Crippen LogP contribution in [-0.4, -0.2) is 25.8 Å². The Balaban J connectivity index is 1.64. The molecule has 2 nitrogen and oxygen atoms in total. The largest absolute Gasteiger partial charge is 0.374 e. The highest BCUT2D eigenvalue weighted by atomic mass is 16.5. The first-order valence-corrected chi connectivity index (χ1v) is 4.67. The molecule has 0 aromatic carbocycles. The SMILES string of the molecule is C=C(C)COC1CC2(CNC2)C1. The van der Waals surface area contributed by atoms with E-state index in [4.69, 9.17) is 4.74 Å². The number of rotatable bonds is 3. The quantitative estimate of drug-likeness (QED) is 0.640. The molecule has 0 amide bonds. The third-order valence-electron chi connectivity index (χ3n) is 2.89. The van der Waals surface area contributed by atoms with E-state index in [2.05, 4.69) is 11.9 Å². The monoisotopic (exact) mass is 167 g/mol. The second-order valence-electron chi connectivity index (χ2n) is 4.40. The Morgan fingerprint density at radius 3 is 2.67 bits per heavy atom. The first-order valence-electron chi connectivity index (χ1n) is 4.67. The van der Waals surface area contributed by atoms with Crippen molar-refractivity contribution in [2.75, 3.05) is 19.7 Å². The van der Waals surface area contributed by atoms with Crippen LogP contribution in [0.1, 0.15) is 19.8 Å². The van der Waals surface area contributed by atoms with Crippen LogP contribution in [0.25, 0.3) is 0 Å². The molecular formula is C10H17NO. The Hall–Kier alpha value is -0.340. The number of nitrogens with one attached hydrogen (secondary N) is 1. The third-order valence-corrected chi connectivity index (χ3v) is 2.89. The normalized spacial score (nSPS) is 26.4. The van der Waals surface area contributed by atoms with Crippen LogP contribution in [0.15, 0.2) is 12.2 Å². The van der Waals surface area contributed by atoms with E-state index in [0.717, 1.165) is 12.2 Å². The van der Waals surface area contributed by atoms with Gasteiger partial charge >= 0.3 is 0 Å². The van der Waals surface area contributed by atoms with Gasteiger partial charge in [0, 0.05) is 18.5 Å². The van der Waals surface area contributed by atoms with Gasteiger partial charge in [0.2, 0.25) is 0 Å². The highest BCUT2D eigenvalue weighted by molar-refractivity contribution is 5.04. The van der Waals surface area contributed by atoms with Gasteiger partial charge in [-0.15, -0.1) is 0 Å². The summed E-state index contributed by atoms with van der Waals surface area (Å²) in [6.07, 6.45) is 3.03. The van der Waals surface area contributed by atoms with Crippen molar-refractivity contribution < 1.29 is 4.74 Å². The minimum absolute atomic E-state index is 0.517. The predicted molar refractivity (Wildman–Crippen MR) is 49.1 cm³/mol. The Labute approximate surface area is 74.0 Å². The molecule has 1 aliphatic heterocycles. The standard InChI is InChI=1S/C10H17NO/c1-8(2)5-12-9-3-10(4-9)6-11-7-10/h9,11H,1,3-7H2,2H3. The van der Waals surface area contributed by atoms with Gasteiger partial charge in [0.1, 0.15) is 0 Å². The lowest BCUT2D eigenvalue weighted by Gasteiger charge is -2.54. The van der Waals surface area contributed by atoms with Gasteiger partial charge in [-0.2, -0.15) is 0 Å². The zero-order valence-electron chi connectivity index (χ0n) is 7.73. The molecule has 1 heterocycles. The maximum Gasteiger partial charge on any atom is 0.0675 e. The van der Waals surface area contributed by atoms with E-state index in [1.165, 1.54) is 25.9 Å². The minimum atomic E-state index is 0.517. The lowest BCUT2D eigenvalue weighted by Crippen LogP contribution is -2.62. The Bertz CT molecular complexity index is 188. The summed E-state index contributed by atoms with van der Waals surface area (Å²) in [5.74, 6) is 0. The van der Waals surface area contributed by atoms with Gasteiger partial charge in [0.25, 0.3) is 0 Å². The van der Waals surface area contributed by atoms with Crippen molar-refractivity contribution in [2.45, 2.75) is 25.9 Å². The maximum atomic E-state index is 5.64. The molecule has 0 bridgehead atoms. The molecule has 1 saturated heterocycles. The van der Waals surface area contributed by atoms with E-state index in [1.54, 1.807) is 0 Å². The zero-order chi connectivity index (χ0) is 8.60. The molecule has 2 aliphatic rings. The molecule has 1 N–H and O–H groups in total. The van der Waals surface area contributed by atoms with E-state index in [1.807, 2.05) is 6.92 Å². The van der Waals surface area contributed by atoms with Crippen molar-refractivity contribution in [2.24, 2.45) is 5.41 Å². The lowest BCUT2D eigenvalue weighted by molar-refractivity contribution is -0.0969. The summed E-state index contributed by atoms with van der Waals surface area (Å²) in [5, 5.41) is 3.32. The van der Waals surface area contributed by atoms with Gasteiger partial charge in [-0.3, -0.25) is 0 Å². The summed E-state index contributed by atoms with van der Waals surface area (Å²) in [5.41, 5.74) is 1.77. The highest BCUT2D eigenvalue weighted by Gasteiger charge is 2.48. The smallest absolute Gasteiger partial charge is 0.0675 e. The molecule has 0 aromatic heterocycles. The minimum Gasteiger partial charge on any atom is -0.374 e. The third kappa shape index (κ3) is 1.41. The molecule has 2 rings (SSSR count). The van der Waals surface area contributed by atoms with Gasteiger partial charge in [0.05, 0.1) is 12.7 Å². The van der Waals surface area contributed by atoms with E-state index in [-0.39, 0.29) is 0 Å². The fourth-order valence-electron chi connectivity index (χ4n) is 2.05. The van der Waals surface area contributed by atoms with E-state index >= 15 is 0 Å². The molecule has 0 radical (unpaired) electrons. The summed E-state index contributed by atoms with van der Waals surface area (Å²) < 4.78 is 5.64. The Morgan fingerprint density at radius 2 is 2.25 bits per heavy atom. The Morgan fingerprint density at radius 1 is 1.58 bits per heavy atom. The van der Waals surface area contributed by atoms with Crippen LogP contribution in [0.2, 0.25) is 0 Å². The van der Waals surface area contributed by atoms with E-state index in [0.29, 0.717) is 11.5 Å². The fourth-order valence-corrected chi connectivity index (χ4v) is 2.05. The molecule has 1 spiro atoms. The fraction of sp³-hybridized carbons (Fsp3) is 0.800. The van der Waals surface area contributed by atoms with Gasteiger partial charge in [-0.05, 0) is 19.8 Å². The molecule has 1 saturated carbocycles. The summed E-state index contributed by atoms with van der Waals surface area (Å²) in [7, 11) is 0. The average molecular weight is 167 g/mol. The highest BCUT2D eigenvalue weighted by Crippen LogP contribution is 2.45. The van der Waals surface area contributed by atoms with Crippen molar-refractivity contribution >= 4 is 0 Å². The molecular weight excluding hydrogens is 150 g/mol.